The number of benzene rings is 2. The number of rotatable bonds is 4. The molecule has 0 aliphatic carbocycles. The Bertz CT molecular complexity index is 989. The third-order valence-corrected chi connectivity index (χ3v) is 4.77. The molecule has 1 aliphatic heterocycles. The monoisotopic (exact) mass is 381 g/mol. The van der Waals surface area contributed by atoms with Gasteiger partial charge in [-0.1, -0.05) is 6.07 Å². The van der Waals surface area contributed by atoms with Crippen molar-refractivity contribution in [2.45, 2.75) is 4.90 Å². The number of fused-ring (bicyclic) bond motifs is 1. The number of amides is 1. The Labute approximate surface area is 148 Å². The summed E-state index contributed by atoms with van der Waals surface area (Å²) in [6, 6.07) is 7.00. The molecule has 2 aromatic rings. The minimum Gasteiger partial charge on any atom is -0.486 e. The molecule has 1 amide bonds. The van der Waals surface area contributed by atoms with Gasteiger partial charge >= 0.3 is 0 Å². The normalized spacial score (nSPS) is 13.6. The Morgan fingerprint density at radius 1 is 1.00 bits per heavy atom. The highest BCUT2D eigenvalue weighted by molar-refractivity contribution is 7.90. The van der Waals surface area contributed by atoms with Gasteiger partial charge in [0.1, 0.15) is 13.2 Å². The molecule has 1 heterocycles. The molecule has 0 saturated heterocycles. The van der Waals surface area contributed by atoms with Crippen molar-refractivity contribution in [3.8, 4) is 11.5 Å². The first kappa shape index (κ1) is 17.9. The quantitative estimate of drug-likeness (QED) is 0.822. The van der Waals surface area contributed by atoms with Crippen LogP contribution in [-0.4, -0.2) is 27.5 Å². The summed E-state index contributed by atoms with van der Waals surface area (Å²) in [5, 5.41) is 0. The van der Waals surface area contributed by atoms with Crippen molar-refractivity contribution in [2.75, 3.05) is 13.2 Å². The van der Waals surface area contributed by atoms with Crippen LogP contribution in [0.2, 0.25) is 0 Å². The van der Waals surface area contributed by atoms with E-state index in [1.165, 1.54) is 6.08 Å². The van der Waals surface area contributed by atoms with E-state index in [0.29, 0.717) is 42.4 Å². The van der Waals surface area contributed by atoms with E-state index in [0.717, 1.165) is 12.1 Å². The number of ether oxygens (including phenoxy) is 2. The molecule has 26 heavy (non-hydrogen) atoms. The number of sulfonamides is 1. The summed E-state index contributed by atoms with van der Waals surface area (Å²) in [5.41, 5.74) is 0.592. The molecule has 136 valence electrons. The fourth-order valence-electron chi connectivity index (χ4n) is 2.20. The molecular weight excluding hydrogens is 368 g/mol. The van der Waals surface area contributed by atoms with Gasteiger partial charge in [-0.25, -0.2) is 21.9 Å². The van der Waals surface area contributed by atoms with E-state index >= 15 is 0 Å². The van der Waals surface area contributed by atoms with Crippen LogP contribution < -0.4 is 14.2 Å². The minimum absolute atomic E-state index is 0.410. The second kappa shape index (κ2) is 7.12. The van der Waals surface area contributed by atoms with E-state index < -0.39 is 32.5 Å². The highest BCUT2D eigenvalue weighted by atomic mass is 32.2. The van der Waals surface area contributed by atoms with Gasteiger partial charge < -0.3 is 9.47 Å². The van der Waals surface area contributed by atoms with Crippen LogP contribution >= 0.6 is 0 Å². The zero-order valence-electron chi connectivity index (χ0n) is 13.2. The zero-order valence-corrected chi connectivity index (χ0v) is 14.1. The fourth-order valence-corrected chi connectivity index (χ4v) is 3.16. The number of hydrogen-bond donors (Lipinski definition) is 1. The third kappa shape index (κ3) is 3.99. The molecule has 1 aliphatic rings. The Hall–Kier alpha value is -2.94. The van der Waals surface area contributed by atoms with E-state index in [4.69, 9.17) is 9.47 Å². The molecule has 6 nitrogen and oxygen atoms in total. The molecule has 9 heteroatoms. The van der Waals surface area contributed by atoms with Gasteiger partial charge in [0.05, 0.1) is 4.90 Å². The Kier molecular flexibility index (Phi) is 4.90. The summed E-state index contributed by atoms with van der Waals surface area (Å²) in [4.78, 5) is 11.3. The van der Waals surface area contributed by atoms with Gasteiger partial charge in [0, 0.05) is 6.08 Å². The van der Waals surface area contributed by atoms with Crippen LogP contribution in [0.5, 0.6) is 11.5 Å². The van der Waals surface area contributed by atoms with Crippen molar-refractivity contribution in [3.05, 3.63) is 59.7 Å². The summed E-state index contributed by atoms with van der Waals surface area (Å²) in [7, 11) is -4.32. The number of carbonyl (C=O) groups is 1. The smallest absolute Gasteiger partial charge is 0.264 e. The van der Waals surface area contributed by atoms with Gasteiger partial charge in [-0.05, 0) is 42.0 Å². The predicted octanol–water partition coefficient (Wildman–Crippen LogP) is 2.25. The second-order valence-electron chi connectivity index (χ2n) is 5.28. The third-order valence-electron chi connectivity index (χ3n) is 3.43. The van der Waals surface area contributed by atoms with Crippen molar-refractivity contribution < 1.29 is 31.5 Å². The van der Waals surface area contributed by atoms with Gasteiger partial charge in [0.15, 0.2) is 23.1 Å². The summed E-state index contributed by atoms with van der Waals surface area (Å²) < 4.78 is 62.6. The topological polar surface area (TPSA) is 81.7 Å². The van der Waals surface area contributed by atoms with Gasteiger partial charge in [-0.3, -0.25) is 4.79 Å². The molecule has 0 unspecified atom stereocenters. The number of nitrogens with one attached hydrogen (secondary N) is 1. The molecule has 2 aromatic carbocycles. The summed E-state index contributed by atoms with van der Waals surface area (Å²) in [6.45, 7) is 0.861. The van der Waals surface area contributed by atoms with Crippen LogP contribution in [0.4, 0.5) is 8.78 Å². The van der Waals surface area contributed by atoms with E-state index in [-0.39, 0.29) is 0 Å². The van der Waals surface area contributed by atoms with Crippen molar-refractivity contribution >= 4 is 22.0 Å². The average molecular weight is 381 g/mol. The van der Waals surface area contributed by atoms with Crippen molar-refractivity contribution in [1.82, 2.24) is 4.72 Å². The van der Waals surface area contributed by atoms with E-state index in [1.807, 2.05) is 0 Å². The van der Waals surface area contributed by atoms with Gasteiger partial charge in [-0.15, -0.1) is 0 Å². The first-order valence-corrected chi connectivity index (χ1v) is 8.93. The van der Waals surface area contributed by atoms with E-state index in [1.54, 1.807) is 22.9 Å². The lowest BCUT2D eigenvalue weighted by atomic mass is 10.2. The van der Waals surface area contributed by atoms with Crippen molar-refractivity contribution in [1.29, 1.82) is 0 Å². The molecule has 0 fully saturated rings. The molecule has 0 atom stereocenters. The van der Waals surface area contributed by atoms with E-state index in [2.05, 4.69) is 0 Å². The zero-order chi connectivity index (χ0) is 18.7. The lowest BCUT2D eigenvalue weighted by Crippen LogP contribution is -2.29. The largest absolute Gasteiger partial charge is 0.486 e. The highest BCUT2D eigenvalue weighted by Gasteiger charge is 2.18. The predicted molar refractivity (Wildman–Crippen MR) is 88.2 cm³/mol. The van der Waals surface area contributed by atoms with Gasteiger partial charge in [-0.2, -0.15) is 0 Å². The maximum absolute atomic E-state index is 13.2. The maximum atomic E-state index is 13.2. The standard InChI is InChI=1S/C17H13F2NO5S/c18-13-4-3-12(10-14(13)19)26(22,23)20-17(21)6-2-11-1-5-15-16(9-11)25-8-7-24-15/h1-6,9-10H,7-8H2,(H,20,21)/b6-2+. The number of hydrogen-bond acceptors (Lipinski definition) is 5. The van der Waals surface area contributed by atoms with Crippen LogP contribution in [0.25, 0.3) is 6.08 Å². The molecule has 0 aromatic heterocycles. The highest BCUT2D eigenvalue weighted by Crippen LogP contribution is 2.31. The number of carbonyl (C=O) groups excluding carboxylic acids is 1. The summed E-state index contributed by atoms with van der Waals surface area (Å²) in [6.07, 6.45) is 2.39. The molecule has 0 spiro atoms. The minimum atomic E-state index is -4.32. The first-order valence-electron chi connectivity index (χ1n) is 7.45. The van der Waals surface area contributed by atoms with Crippen molar-refractivity contribution in [3.63, 3.8) is 0 Å². The van der Waals surface area contributed by atoms with Crippen LogP contribution in [-0.2, 0) is 14.8 Å². The molecule has 1 N–H and O–H groups in total. The Morgan fingerprint density at radius 3 is 2.46 bits per heavy atom. The van der Waals surface area contributed by atoms with Crippen LogP contribution in [0, 0.1) is 11.6 Å². The SMILES string of the molecule is O=C(/C=C/c1ccc2c(c1)OCCO2)NS(=O)(=O)c1ccc(F)c(F)c1. The molecule has 0 bridgehead atoms. The van der Waals surface area contributed by atoms with Gasteiger partial charge in [0.2, 0.25) is 0 Å². The summed E-state index contributed by atoms with van der Waals surface area (Å²) >= 11 is 0. The lowest BCUT2D eigenvalue weighted by Gasteiger charge is -2.18. The average Bonchev–Trinajstić information content (AvgIpc) is 2.61. The molecule has 0 radical (unpaired) electrons. The first-order chi connectivity index (χ1) is 12.3. The molecule has 0 saturated carbocycles. The number of halogens is 2. The maximum Gasteiger partial charge on any atom is 0.264 e. The van der Waals surface area contributed by atoms with Crippen LogP contribution in [0.1, 0.15) is 5.56 Å². The fraction of sp³-hybridized carbons (Fsp3) is 0.118. The van der Waals surface area contributed by atoms with Crippen LogP contribution in [0.3, 0.4) is 0 Å². The van der Waals surface area contributed by atoms with E-state index in [9.17, 15) is 22.0 Å². The molecular formula is C17H13F2NO5S. The summed E-state index contributed by atoms with van der Waals surface area (Å²) in [5.74, 6) is -2.35. The second-order valence-corrected chi connectivity index (χ2v) is 6.96. The van der Waals surface area contributed by atoms with Gasteiger partial charge in [0.25, 0.3) is 15.9 Å². The lowest BCUT2D eigenvalue weighted by molar-refractivity contribution is -0.114. The Morgan fingerprint density at radius 2 is 1.73 bits per heavy atom. The Balaban J connectivity index is 1.71. The van der Waals surface area contributed by atoms with Crippen LogP contribution in [0.15, 0.2) is 47.4 Å². The molecule has 3 rings (SSSR count). The van der Waals surface area contributed by atoms with Crippen molar-refractivity contribution in [2.24, 2.45) is 0 Å².